The van der Waals surface area contributed by atoms with Gasteiger partial charge in [-0.25, -0.2) is 4.79 Å². The molecule has 88 valence electrons. The third-order valence-electron chi connectivity index (χ3n) is 2.74. The van der Waals surface area contributed by atoms with Gasteiger partial charge in [-0.15, -0.1) is 0 Å². The fraction of sp³-hybridized carbons (Fsp3) is 0.909. The summed E-state index contributed by atoms with van der Waals surface area (Å²) >= 11 is 0. The van der Waals surface area contributed by atoms with E-state index in [2.05, 4.69) is 12.2 Å². The number of amides is 2. The third-order valence-corrected chi connectivity index (χ3v) is 2.74. The number of nitrogens with one attached hydrogen (secondary N) is 1. The van der Waals surface area contributed by atoms with Crippen LogP contribution in [0.5, 0.6) is 0 Å². The molecule has 0 spiro atoms. The van der Waals surface area contributed by atoms with E-state index in [4.69, 9.17) is 0 Å². The van der Waals surface area contributed by atoms with Gasteiger partial charge in [0, 0.05) is 19.6 Å². The average Bonchev–Trinajstić information content (AvgIpc) is 2.24. The van der Waals surface area contributed by atoms with E-state index in [0.717, 1.165) is 45.2 Å². The number of carbonyl (C=O) groups is 1. The normalized spacial score (nSPS) is 21.5. The number of piperidine rings is 1. The number of likely N-dealkylation sites (tertiary alicyclic amines) is 1. The van der Waals surface area contributed by atoms with Crippen LogP contribution >= 0.6 is 0 Å². The van der Waals surface area contributed by atoms with Crippen molar-refractivity contribution in [1.29, 1.82) is 0 Å². The molecule has 2 N–H and O–H groups in total. The summed E-state index contributed by atoms with van der Waals surface area (Å²) in [4.78, 5) is 13.3. The van der Waals surface area contributed by atoms with Crippen LogP contribution in [0.2, 0.25) is 0 Å². The van der Waals surface area contributed by atoms with Crippen molar-refractivity contribution in [2.24, 2.45) is 0 Å². The van der Waals surface area contributed by atoms with Gasteiger partial charge in [-0.3, -0.25) is 0 Å². The number of hydrogen-bond donors (Lipinski definition) is 2. The minimum Gasteiger partial charge on any atom is -0.391 e. The Morgan fingerprint density at radius 3 is 3.00 bits per heavy atom. The highest BCUT2D eigenvalue weighted by molar-refractivity contribution is 5.74. The molecule has 15 heavy (non-hydrogen) atoms. The van der Waals surface area contributed by atoms with Gasteiger partial charge in [0.2, 0.25) is 0 Å². The summed E-state index contributed by atoms with van der Waals surface area (Å²) in [6.07, 6.45) is 4.75. The van der Waals surface area contributed by atoms with Crippen molar-refractivity contribution >= 4 is 6.03 Å². The van der Waals surface area contributed by atoms with Crippen LogP contribution in [-0.2, 0) is 0 Å². The number of urea groups is 1. The van der Waals surface area contributed by atoms with Gasteiger partial charge in [-0.2, -0.15) is 0 Å². The minimum absolute atomic E-state index is 0.0233. The van der Waals surface area contributed by atoms with Crippen LogP contribution < -0.4 is 5.32 Å². The minimum atomic E-state index is -0.333. The molecule has 4 heteroatoms. The first kappa shape index (κ1) is 12.3. The van der Waals surface area contributed by atoms with E-state index >= 15 is 0 Å². The Kier molecular flexibility index (Phi) is 5.47. The highest BCUT2D eigenvalue weighted by Crippen LogP contribution is 2.09. The van der Waals surface area contributed by atoms with Gasteiger partial charge in [0.05, 0.1) is 6.10 Å². The molecule has 1 aliphatic rings. The monoisotopic (exact) mass is 214 g/mol. The Hall–Kier alpha value is -0.770. The van der Waals surface area contributed by atoms with E-state index < -0.39 is 0 Å². The molecule has 1 aliphatic heterocycles. The molecule has 0 saturated carbocycles. The zero-order valence-corrected chi connectivity index (χ0v) is 9.54. The first-order valence-corrected chi connectivity index (χ1v) is 5.95. The molecule has 0 aromatic rings. The summed E-state index contributed by atoms with van der Waals surface area (Å²) in [5, 5.41) is 12.3. The average molecular weight is 214 g/mol. The quantitative estimate of drug-likeness (QED) is 0.694. The second-order valence-electron chi connectivity index (χ2n) is 4.18. The van der Waals surface area contributed by atoms with Crippen LogP contribution in [0.3, 0.4) is 0 Å². The molecule has 2 amide bonds. The number of aliphatic hydroxyl groups excluding tert-OH is 1. The number of hydrogen-bond acceptors (Lipinski definition) is 2. The van der Waals surface area contributed by atoms with Crippen molar-refractivity contribution < 1.29 is 9.90 Å². The lowest BCUT2D eigenvalue weighted by atomic mass is 10.1. The van der Waals surface area contributed by atoms with Gasteiger partial charge < -0.3 is 15.3 Å². The lowest BCUT2D eigenvalue weighted by molar-refractivity contribution is 0.0843. The van der Waals surface area contributed by atoms with E-state index in [9.17, 15) is 9.90 Å². The van der Waals surface area contributed by atoms with Gasteiger partial charge in [-0.1, -0.05) is 19.8 Å². The maximum absolute atomic E-state index is 11.6. The number of rotatable bonds is 4. The molecule has 0 aromatic carbocycles. The van der Waals surface area contributed by atoms with E-state index in [0.29, 0.717) is 6.54 Å². The second-order valence-corrected chi connectivity index (χ2v) is 4.18. The molecular formula is C11H22N2O2. The smallest absolute Gasteiger partial charge is 0.317 e. The van der Waals surface area contributed by atoms with E-state index in [1.807, 2.05) is 0 Å². The molecule has 0 aromatic heterocycles. The first-order valence-electron chi connectivity index (χ1n) is 5.95. The Labute approximate surface area is 91.6 Å². The summed E-state index contributed by atoms with van der Waals surface area (Å²) in [5.41, 5.74) is 0. The van der Waals surface area contributed by atoms with Gasteiger partial charge >= 0.3 is 6.03 Å². The fourth-order valence-corrected chi connectivity index (χ4v) is 1.82. The molecule has 1 atom stereocenters. The van der Waals surface area contributed by atoms with Crippen molar-refractivity contribution in [2.75, 3.05) is 19.6 Å². The highest BCUT2D eigenvalue weighted by atomic mass is 16.3. The molecule has 4 nitrogen and oxygen atoms in total. The van der Waals surface area contributed by atoms with Crippen LogP contribution in [0.15, 0.2) is 0 Å². The molecule has 0 bridgehead atoms. The third kappa shape index (κ3) is 4.51. The van der Waals surface area contributed by atoms with Crippen LogP contribution in [0.4, 0.5) is 4.79 Å². The maximum atomic E-state index is 11.6. The topological polar surface area (TPSA) is 52.6 Å². The summed E-state index contributed by atoms with van der Waals surface area (Å²) in [6, 6.07) is -0.0233. The molecular weight excluding hydrogens is 192 g/mol. The largest absolute Gasteiger partial charge is 0.391 e. The Balaban J connectivity index is 2.15. The fourth-order valence-electron chi connectivity index (χ4n) is 1.82. The summed E-state index contributed by atoms with van der Waals surface area (Å²) in [5.74, 6) is 0. The van der Waals surface area contributed by atoms with E-state index in [1.165, 1.54) is 0 Å². The molecule has 1 rings (SSSR count). The number of unbranched alkanes of at least 4 members (excludes halogenated alkanes) is 2. The Morgan fingerprint density at radius 1 is 1.53 bits per heavy atom. The van der Waals surface area contributed by atoms with Crippen molar-refractivity contribution in [3.05, 3.63) is 0 Å². The van der Waals surface area contributed by atoms with Crippen LogP contribution in [-0.4, -0.2) is 41.8 Å². The highest BCUT2D eigenvalue weighted by Gasteiger charge is 2.21. The molecule has 0 radical (unpaired) electrons. The number of nitrogens with zero attached hydrogens (tertiary/aromatic N) is 1. The van der Waals surface area contributed by atoms with Crippen molar-refractivity contribution in [2.45, 2.75) is 45.1 Å². The zero-order valence-electron chi connectivity index (χ0n) is 9.54. The number of aliphatic hydroxyl groups is 1. The van der Waals surface area contributed by atoms with Gasteiger partial charge in [0.1, 0.15) is 0 Å². The second kappa shape index (κ2) is 6.67. The van der Waals surface area contributed by atoms with Crippen LogP contribution in [0, 0.1) is 0 Å². The Morgan fingerprint density at radius 2 is 2.33 bits per heavy atom. The van der Waals surface area contributed by atoms with Gasteiger partial charge in [0.15, 0.2) is 0 Å². The molecule has 1 fully saturated rings. The summed E-state index contributed by atoms with van der Waals surface area (Å²) < 4.78 is 0. The predicted octanol–water partition coefficient (Wildman–Crippen LogP) is 1.34. The number of carbonyl (C=O) groups excluding carboxylic acids is 1. The van der Waals surface area contributed by atoms with Gasteiger partial charge in [-0.05, 0) is 19.3 Å². The van der Waals surface area contributed by atoms with Crippen molar-refractivity contribution in [3.8, 4) is 0 Å². The molecule has 0 aliphatic carbocycles. The van der Waals surface area contributed by atoms with E-state index in [1.54, 1.807) is 4.90 Å². The standard InChI is InChI=1S/C11H22N2O2/c1-2-3-4-7-12-11(15)13-8-5-6-10(14)9-13/h10,14H,2-9H2,1H3,(H,12,15). The van der Waals surface area contributed by atoms with Gasteiger partial charge in [0.25, 0.3) is 0 Å². The lowest BCUT2D eigenvalue weighted by Gasteiger charge is -2.30. The predicted molar refractivity (Wildman–Crippen MR) is 59.7 cm³/mol. The first-order chi connectivity index (χ1) is 7.24. The molecule has 1 heterocycles. The number of β-amino-alcohol motifs (C(OH)–C–C–N with tert-alkyl or cyclic N) is 1. The summed E-state index contributed by atoms with van der Waals surface area (Å²) in [6.45, 7) is 4.15. The zero-order chi connectivity index (χ0) is 11.1. The SMILES string of the molecule is CCCCCNC(=O)N1CCCC(O)C1. The van der Waals surface area contributed by atoms with Crippen LogP contribution in [0.1, 0.15) is 39.0 Å². The lowest BCUT2D eigenvalue weighted by Crippen LogP contribution is -2.47. The van der Waals surface area contributed by atoms with Crippen molar-refractivity contribution in [3.63, 3.8) is 0 Å². The maximum Gasteiger partial charge on any atom is 0.317 e. The summed E-state index contributed by atoms with van der Waals surface area (Å²) in [7, 11) is 0. The van der Waals surface area contributed by atoms with Crippen LogP contribution in [0.25, 0.3) is 0 Å². The van der Waals surface area contributed by atoms with E-state index in [-0.39, 0.29) is 12.1 Å². The van der Waals surface area contributed by atoms with Crippen molar-refractivity contribution in [1.82, 2.24) is 10.2 Å². The molecule has 1 unspecified atom stereocenters. The molecule has 1 saturated heterocycles. The Bertz CT molecular complexity index is 197.